The summed E-state index contributed by atoms with van der Waals surface area (Å²) < 4.78 is 9.37. The molecule has 0 spiro atoms. The Hall–Kier alpha value is -1.92. The highest BCUT2D eigenvalue weighted by Gasteiger charge is 2.34. The number of nitrogens with zero attached hydrogens (tertiary/aromatic N) is 1. The molecule has 22 heavy (non-hydrogen) atoms. The number of esters is 2. The second-order valence-corrected chi connectivity index (χ2v) is 6.14. The third kappa shape index (κ3) is 3.28. The number of carbonyl (C=O) groups is 2. The van der Waals surface area contributed by atoms with E-state index in [1.54, 1.807) is 19.1 Å². The molecular weight excluding hydrogens is 326 g/mol. The first-order chi connectivity index (χ1) is 10.5. The van der Waals surface area contributed by atoms with E-state index >= 15 is 0 Å². The first-order valence-electron chi connectivity index (χ1n) is 6.38. The fourth-order valence-electron chi connectivity index (χ4n) is 1.95. The summed E-state index contributed by atoms with van der Waals surface area (Å²) in [5, 5.41) is 1.44. The molecule has 0 radical (unpaired) electrons. The Morgan fingerprint density at radius 3 is 2.18 bits per heavy atom. The maximum Gasteiger partial charge on any atom is 0.326 e. The summed E-state index contributed by atoms with van der Waals surface area (Å²) >= 11 is 6.45. The van der Waals surface area contributed by atoms with Crippen molar-refractivity contribution >= 4 is 23.3 Å². The van der Waals surface area contributed by atoms with Crippen LogP contribution in [0.3, 0.4) is 0 Å². The van der Waals surface area contributed by atoms with Crippen molar-refractivity contribution in [1.29, 1.82) is 0 Å². The summed E-state index contributed by atoms with van der Waals surface area (Å²) in [7, 11) is 2.45. The second-order valence-electron chi connectivity index (χ2n) is 4.46. The van der Waals surface area contributed by atoms with Gasteiger partial charge in [-0.15, -0.1) is 11.3 Å². The fraction of sp³-hybridized carbons (Fsp3) is 0.267. The lowest BCUT2D eigenvalue weighted by Crippen LogP contribution is -2.25. The van der Waals surface area contributed by atoms with E-state index in [-0.39, 0.29) is 0 Å². The predicted octanol–water partition coefficient (Wildman–Crippen LogP) is 2.24. The molecule has 2 rings (SSSR count). The van der Waals surface area contributed by atoms with Crippen molar-refractivity contribution in [3.63, 3.8) is 0 Å². The molecule has 1 aromatic heterocycles. The Labute approximate surface area is 136 Å². The van der Waals surface area contributed by atoms with Crippen LogP contribution in [-0.4, -0.2) is 31.1 Å². The van der Waals surface area contributed by atoms with Crippen LogP contribution in [0, 0.1) is 18.5 Å². The summed E-state index contributed by atoms with van der Waals surface area (Å²) in [6, 6.07) is 7.32. The predicted molar refractivity (Wildman–Crippen MR) is 79.6 cm³/mol. The molecule has 0 aliphatic carbocycles. The van der Waals surface area contributed by atoms with Crippen LogP contribution in [0.5, 0.6) is 0 Å². The zero-order valence-electron chi connectivity index (χ0n) is 12.3. The van der Waals surface area contributed by atoms with Crippen LogP contribution < -0.4 is 0 Å². The molecule has 0 aliphatic heterocycles. The Balaban J connectivity index is 2.45. The van der Waals surface area contributed by atoms with Gasteiger partial charge < -0.3 is 9.47 Å². The summed E-state index contributed by atoms with van der Waals surface area (Å²) in [5.41, 5.74) is 1.24. The summed E-state index contributed by atoms with van der Waals surface area (Å²) in [6.07, 6.45) is 0. The molecular formula is C15H15ClNO4S+. The maximum atomic E-state index is 11.9. The van der Waals surface area contributed by atoms with Gasteiger partial charge in [0.25, 0.3) is 0 Å². The van der Waals surface area contributed by atoms with E-state index in [9.17, 15) is 9.59 Å². The number of thiazole rings is 1. The van der Waals surface area contributed by atoms with E-state index in [0.717, 1.165) is 15.5 Å². The van der Waals surface area contributed by atoms with Crippen molar-refractivity contribution in [2.75, 3.05) is 14.2 Å². The lowest BCUT2D eigenvalue weighted by molar-refractivity contribution is -0.288. The highest BCUT2D eigenvalue weighted by molar-refractivity contribution is 7.15. The largest absolute Gasteiger partial charge is 0.468 e. The third-order valence-electron chi connectivity index (χ3n) is 3.08. The van der Waals surface area contributed by atoms with E-state index in [2.05, 4.69) is 14.5 Å². The van der Waals surface area contributed by atoms with Crippen LogP contribution in [0.4, 0.5) is 0 Å². The minimum Gasteiger partial charge on any atom is -0.468 e. The standard InChI is InChI=1S/C15H15ClNO4S/c1-8-12(11(14(18)20-2)15(19)21-3)17-13(22-8)9-4-6-10(16)7-5-9/h4-7,11,16H,1-3H3/q+1. The van der Waals surface area contributed by atoms with Crippen LogP contribution in [-0.2, 0) is 19.1 Å². The van der Waals surface area contributed by atoms with Gasteiger partial charge in [0.1, 0.15) is 5.01 Å². The van der Waals surface area contributed by atoms with E-state index < -0.39 is 17.9 Å². The summed E-state index contributed by atoms with van der Waals surface area (Å²) in [5.74, 6) is -2.54. The zero-order valence-corrected chi connectivity index (χ0v) is 13.9. The van der Waals surface area contributed by atoms with Gasteiger partial charge in [-0.25, -0.2) is 4.98 Å². The molecule has 1 heterocycles. The monoisotopic (exact) mass is 340 g/mol. The average Bonchev–Trinajstić information content (AvgIpc) is 2.89. The molecule has 1 aromatic carbocycles. The molecule has 0 N–H and O–H groups in total. The summed E-state index contributed by atoms with van der Waals surface area (Å²) in [4.78, 5) is 29.0. The Morgan fingerprint density at radius 1 is 1.14 bits per heavy atom. The number of hydrogen-bond donors (Lipinski definition) is 0. The SMILES string of the molecule is COC(=O)C(C(=O)OC)c1nc(-c2ccc([ClH+])cc2)sc1C. The molecule has 0 unspecified atom stereocenters. The van der Waals surface area contributed by atoms with Crippen LogP contribution in [0.1, 0.15) is 16.5 Å². The van der Waals surface area contributed by atoms with Crippen LogP contribution in [0.15, 0.2) is 24.3 Å². The van der Waals surface area contributed by atoms with Gasteiger partial charge >= 0.3 is 11.9 Å². The van der Waals surface area contributed by atoms with Gasteiger partial charge in [0, 0.05) is 22.6 Å². The number of benzene rings is 1. The topological polar surface area (TPSA) is 65.5 Å². The first kappa shape index (κ1) is 16.5. The van der Waals surface area contributed by atoms with Gasteiger partial charge in [0.15, 0.2) is 17.5 Å². The van der Waals surface area contributed by atoms with Crippen molar-refractivity contribution < 1.29 is 30.7 Å². The number of rotatable bonds is 4. The number of halogens is 1. The number of carbonyl (C=O) groups excluding carboxylic acids is 2. The number of aryl methyl sites for hydroxylation is 1. The molecule has 0 saturated carbocycles. The van der Waals surface area contributed by atoms with E-state index in [0.29, 0.717) is 10.7 Å². The fourth-order valence-corrected chi connectivity index (χ4v) is 3.04. The van der Waals surface area contributed by atoms with Gasteiger partial charge in [0.2, 0.25) is 5.02 Å². The Morgan fingerprint density at radius 2 is 1.68 bits per heavy atom. The van der Waals surface area contributed by atoms with Crippen LogP contribution in [0.2, 0.25) is 5.02 Å². The number of ether oxygens (including phenoxy) is 2. The van der Waals surface area contributed by atoms with Gasteiger partial charge in [-0.2, -0.15) is 0 Å². The van der Waals surface area contributed by atoms with E-state index in [1.165, 1.54) is 25.6 Å². The van der Waals surface area contributed by atoms with Gasteiger partial charge in [-0.3, -0.25) is 9.59 Å². The van der Waals surface area contributed by atoms with Gasteiger partial charge in [0.05, 0.1) is 19.9 Å². The van der Waals surface area contributed by atoms with Crippen molar-refractivity contribution in [3.05, 3.63) is 39.9 Å². The number of aromatic nitrogens is 1. The van der Waals surface area contributed by atoms with Crippen LogP contribution in [0.25, 0.3) is 10.6 Å². The van der Waals surface area contributed by atoms with Crippen molar-refractivity contribution in [1.82, 2.24) is 4.98 Å². The smallest absolute Gasteiger partial charge is 0.326 e. The van der Waals surface area contributed by atoms with Crippen molar-refractivity contribution in [2.24, 2.45) is 0 Å². The van der Waals surface area contributed by atoms with E-state index in [1.807, 2.05) is 12.1 Å². The molecule has 7 heteroatoms. The molecule has 0 saturated heterocycles. The lowest BCUT2D eigenvalue weighted by Gasteiger charge is -2.10. The number of hydrogen-bond acceptors (Lipinski definition) is 6. The normalized spacial score (nSPS) is 10.6. The Kier molecular flexibility index (Phi) is 5.15. The zero-order chi connectivity index (χ0) is 16.3. The van der Waals surface area contributed by atoms with Gasteiger partial charge in [-0.05, 0) is 19.1 Å². The van der Waals surface area contributed by atoms with Crippen molar-refractivity contribution in [2.45, 2.75) is 12.8 Å². The van der Waals surface area contributed by atoms with Crippen molar-refractivity contribution in [3.8, 4) is 10.6 Å². The van der Waals surface area contributed by atoms with Gasteiger partial charge in [-0.1, -0.05) is 0 Å². The Bertz CT molecular complexity index is 680. The lowest BCUT2D eigenvalue weighted by atomic mass is 10.1. The highest BCUT2D eigenvalue weighted by Crippen LogP contribution is 2.32. The minimum atomic E-state index is -1.17. The molecule has 0 atom stereocenters. The third-order valence-corrected chi connectivity index (χ3v) is 4.39. The van der Waals surface area contributed by atoms with E-state index in [4.69, 9.17) is 11.6 Å². The molecule has 0 aliphatic rings. The molecule has 116 valence electrons. The molecule has 0 fully saturated rings. The second kappa shape index (κ2) is 6.89. The molecule has 2 aromatic rings. The molecule has 5 nitrogen and oxygen atoms in total. The number of methoxy groups -OCH3 is 2. The summed E-state index contributed by atoms with van der Waals surface area (Å²) in [6.45, 7) is 1.80. The minimum absolute atomic E-state index is 0.362. The maximum absolute atomic E-state index is 11.9. The highest BCUT2D eigenvalue weighted by atomic mass is 35.5. The quantitative estimate of drug-likeness (QED) is 0.631. The first-order valence-corrected chi connectivity index (χ1v) is 7.60. The molecule has 0 bridgehead atoms. The average molecular weight is 341 g/mol. The molecule has 0 amide bonds. The van der Waals surface area contributed by atoms with Crippen LogP contribution >= 0.6 is 11.3 Å².